The zero-order valence-electron chi connectivity index (χ0n) is 8.97. The van der Waals surface area contributed by atoms with E-state index in [1.165, 1.54) is 11.6 Å². The number of benzene rings is 2. The van der Waals surface area contributed by atoms with Crippen LogP contribution in [-0.2, 0) is 16.4 Å². The second-order valence-corrected chi connectivity index (χ2v) is 5.30. The van der Waals surface area contributed by atoms with E-state index in [-0.39, 0.29) is 4.90 Å². The summed E-state index contributed by atoms with van der Waals surface area (Å²) in [5.74, 6) is 0. The van der Waals surface area contributed by atoms with Gasteiger partial charge in [0.15, 0.2) is 0 Å². The molecule has 3 nitrogen and oxygen atoms in total. The van der Waals surface area contributed by atoms with Crippen LogP contribution in [0.4, 0.5) is 0 Å². The minimum Gasteiger partial charge on any atom is -0.225 e. The number of sulfonamides is 1. The van der Waals surface area contributed by atoms with E-state index in [0.717, 1.165) is 17.2 Å². The van der Waals surface area contributed by atoms with Crippen molar-refractivity contribution >= 4 is 20.8 Å². The highest BCUT2D eigenvalue weighted by atomic mass is 32.2. The molecule has 0 aliphatic heterocycles. The lowest BCUT2D eigenvalue weighted by Crippen LogP contribution is -2.11. The van der Waals surface area contributed by atoms with Crippen LogP contribution >= 0.6 is 0 Å². The van der Waals surface area contributed by atoms with Crippen molar-refractivity contribution in [2.75, 3.05) is 0 Å². The molecular formula is C12H13NO2S. The van der Waals surface area contributed by atoms with E-state index in [1.54, 1.807) is 12.1 Å². The Balaban J connectivity index is 2.69. The molecule has 0 heterocycles. The molecule has 2 rings (SSSR count). The van der Waals surface area contributed by atoms with Gasteiger partial charge >= 0.3 is 0 Å². The molecule has 0 aliphatic carbocycles. The van der Waals surface area contributed by atoms with Crippen LogP contribution in [-0.4, -0.2) is 8.42 Å². The summed E-state index contributed by atoms with van der Waals surface area (Å²) in [6.45, 7) is 2.06. The minimum absolute atomic E-state index is 0.160. The summed E-state index contributed by atoms with van der Waals surface area (Å²) in [5.41, 5.74) is 1.18. The molecule has 2 aromatic carbocycles. The maximum Gasteiger partial charge on any atom is 0.238 e. The average molecular weight is 235 g/mol. The number of aryl methyl sites for hydroxylation is 1. The Hall–Kier alpha value is -1.39. The van der Waals surface area contributed by atoms with Gasteiger partial charge in [0.2, 0.25) is 10.0 Å². The number of primary sulfonamides is 1. The molecule has 16 heavy (non-hydrogen) atoms. The summed E-state index contributed by atoms with van der Waals surface area (Å²) < 4.78 is 22.4. The molecule has 0 spiro atoms. The van der Waals surface area contributed by atoms with Crippen molar-refractivity contribution in [3.05, 3.63) is 42.0 Å². The van der Waals surface area contributed by atoms with Crippen molar-refractivity contribution in [1.82, 2.24) is 0 Å². The molecule has 0 fully saturated rings. The second-order valence-electron chi connectivity index (χ2n) is 3.74. The van der Waals surface area contributed by atoms with Gasteiger partial charge in [-0.3, -0.25) is 0 Å². The lowest BCUT2D eigenvalue weighted by Gasteiger charge is -2.03. The molecule has 4 heteroatoms. The van der Waals surface area contributed by atoms with Gasteiger partial charge in [-0.2, -0.15) is 0 Å². The Kier molecular flexibility index (Phi) is 2.69. The van der Waals surface area contributed by atoms with Gasteiger partial charge in [-0.1, -0.05) is 31.2 Å². The van der Waals surface area contributed by atoms with E-state index in [2.05, 4.69) is 6.92 Å². The topological polar surface area (TPSA) is 60.2 Å². The Bertz CT molecular complexity index is 633. The van der Waals surface area contributed by atoms with Crippen LogP contribution in [0.5, 0.6) is 0 Å². The van der Waals surface area contributed by atoms with E-state index in [1.807, 2.05) is 18.2 Å². The monoisotopic (exact) mass is 235 g/mol. The number of rotatable bonds is 2. The first-order chi connectivity index (χ1) is 7.50. The van der Waals surface area contributed by atoms with Crippen LogP contribution in [0, 0.1) is 0 Å². The Morgan fingerprint density at radius 1 is 1.06 bits per heavy atom. The van der Waals surface area contributed by atoms with Crippen LogP contribution < -0.4 is 5.14 Å². The molecule has 0 saturated heterocycles. The van der Waals surface area contributed by atoms with Crippen molar-refractivity contribution < 1.29 is 8.42 Å². The molecule has 0 amide bonds. The Labute approximate surface area is 94.9 Å². The molecule has 0 atom stereocenters. The van der Waals surface area contributed by atoms with Crippen LogP contribution in [0.1, 0.15) is 12.5 Å². The Morgan fingerprint density at radius 2 is 1.75 bits per heavy atom. The molecule has 0 aromatic heterocycles. The highest BCUT2D eigenvalue weighted by molar-refractivity contribution is 7.89. The maximum atomic E-state index is 11.2. The van der Waals surface area contributed by atoms with Crippen molar-refractivity contribution in [1.29, 1.82) is 0 Å². The predicted molar refractivity (Wildman–Crippen MR) is 64.7 cm³/mol. The number of fused-ring (bicyclic) bond motifs is 1. The van der Waals surface area contributed by atoms with Crippen molar-refractivity contribution in [2.24, 2.45) is 5.14 Å². The molecule has 2 N–H and O–H groups in total. The van der Waals surface area contributed by atoms with Crippen molar-refractivity contribution in [3.8, 4) is 0 Å². The molecule has 0 aliphatic rings. The molecule has 0 unspecified atom stereocenters. The lowest BCUT2D eigenvalue weighted by atomic mass is 10.1. The fourth-order valence-corrected chi connectivity index (χ4v) is 2.22. The fourth-order valence-electron chi connectivity index (χ4n) is 1.67. The summed E-state index contributed by atoms with van der Waals surface area (Å²) in [6.07, 6.45) is 0.926. The summed E-state index contributed by atoms with van der Waals surface area (Å²) >= 11 is 0. The van der Waals surface area contributed by atoms with Crippen molar-refractivity contribution in [3.63, 3.8) is 0 Å². The third kappa shape index (κ3) is 2.08. The number of hydrogen-bond acceptors (Lipinski definition) is 2. The van der Waals surface area contributed by atoms with Crippen LogP contribution in [0.25, 0.3) is 10.8 Å². The van der Waals surface area contributed by atoms with Crippen LogP contribution in [0.3, 0.4) is 0 Å². The zero-order valence-corrected chi connectivity index (χ0v) is 9.79. The summed E-state index contributed by atoms with van der Waals surface area (Å²) in [5, 5.41) is 7.02. The first kappa shape index (κ1) is 11.1. The normalized spacial score (nSPS) is 11.9. The quantitative estimate of drug-likeness (QED) is 0.866. The van der Waals surface area contributed by atoms with Gasteiger partial charge in [0.1, 0.15) is 0 Å². The summed E-state index contributed by atoms with van der Waals surface area (Å²) in [6, 6.07) is 10.9. The molecule has 0 radical (unpaired) electrons. The summed E-state index contributed by atoms with van der Waals surface area (Å²) in [7, 11) is -3.61. The smallest absolute Gasteiger partial charge is 0.225 e. The number of nitrogens with two attached hydrogens (primary N) is 1. The first-order valence-electron chi connectivity index (χ1n) is 5.06. The van der Waals surface area contributed by atoms with E-state index < -0.39 is 10.0 Å². The van der Waals surface area contributed by atoms with Crippen LogP contribution in [0.15, 0.2) is 41.3 Å². The largest absolute Gasteiger partial charge is 0.238 e. The molecule has 84 valence electrons. The van der Waals surface area contributed by atoms with Gasteiger partial charge in [-0.25, -0.2) is 13.6 Å². The van der Waals surface area contributed by atoms with E-state index in [9.17, 15) is 8.42 Å². The van der Waals surface area contributed by atoms with Gasteiger partial charge in [0, 0.05) is 0 Å². The fraction of sp³-hybridized carbons (Fsp3) is 0.167. The average Bonchev–Trinajstić information content (AvgIpc) is 2.26. The van der Waals surface area contributed by atoms with Gasteiger partial charge in [0.25, 0.3) is 0 Å². The van der Waals surface area contributed by atoms with Crippen LogP contribution in [0.2, 0.25) is 0 Å². The highest BCUT2D eigenvalue weighted by Crippen LogP contribution is 2.20. The second kappa shape index (κ2) is 3.88. The molecule has 2 aromatic rings. The van der Waals surface area contributed by atoms with E-state index in [4.69, 9.17) is 5.14 Å². The third-order valence-corrected chi connectivity index (χ3v) is 3.52. The zero-order chi connectivity index (χ0) is 11.8. The lowest BCUT2D eigenvalue weighted by molar-refractivity contribution is 0.598. The molecule has 0 bridgehead atoms. The Morgan fingerprint density at radius 3 is 2.38 bits per heavy atom. The molecule has 0 saturated carbocycles. The van der Waals surface area contributed by atoms with Gasteiger partial charge in [0.05, 0.1) is 4.90 Å². The molecular weight excluding hydrogens is 222 g/mol. The predicted octanol–water partition coefficient (Wildman–Crippen LogP) is 2.05. The third-order valence-electron chi connectivity index (χ3n) is 2.61. The van der Waals surface area contributed by atoms with Gasteiger partial charge in [-0.15, -0.1) is 0 Å². The standard InChI is InChI=1S/C12H13NO2S/c1-2-9-3-4-10-5-6-12(16(13,14)15)8-11(10)7-9/h3-8H,2H2,1H3,(H2,13,14,15). The van der Waals surface area contributed by atoms with Crippen molar-refractivity contribution in [2.45, 2.75) is 18.2 Å². The highest BCUT2D eigenvalue weighted by Gasteiger charge is 2.07. The van der Waals surface area contributed by atoms with Gasteiger partial charge < -0.3 is 0 Å². The number of hydrogen-bond donors (Lipinski definition) is 1. The summed E-state index contributed by atoms with van der Waals surface area (Å²) in [4.78, 5) is 0.160. The van der Waals surface area contributed by atoms with E-state index >= 15 is 0 Å². The van der Waals surface area contributed by atoms with Gasteiger partial charge in [-0.05, 0) is 34.9 Å². The van der Waals surface area contributed by atoms with E-state index in [0.29, 0.717) is 0 Å². The first-order valence-corrected chi connectivity index (χ1v) is 6.61. The minimum atomic E-state index is -3.61. The maximum absolute atomic E-state index is 11.2. The SMILES string of the molecule is CCc1ccc2ccc(S(N)(=O)=O)cc2c1.